The highest BCUT2D eigenvalue weighted by Gasteiger charge is 2.09. The van der Waals surface area contributed by atoms with Gasteiger partial charge in [-0.05, 0) is 18.2 Å². The number of H-pyrrole nitrogens is 1. The van der Waals surface area contributed by atoms with E-state index in [1.807, 2.05) is 6.07 Å². The number of amides is 1. The number of carbonyl (C=O) groups is 1. The van der Waals surface area contributed by atoms with E-state index in [9.17, 15) is 4.79 Å². The number of carbonyl (C=O) groups excluding carboxylic acids is 1. The lowest BCUT2D eigenvalue weighted by atomic mass is 10.2. The van der Waals surface area contributed by atoms with Crippen LogP contribution in [0.4, 0.5) is 11.5 Å². The van der Waals surface area contributed by atoms with Gasteiger partial charge in [0.05, 0.1) is 11.9 Å². The van der Waals surface area contributed by atoms with Crippen LogP contribution in [-0.2, 0) is 0 Å². The molecule has 0 spiro atoms. The maximum absolute atomic E-state index is 11.8. The molecule has 1 heterocycles. The largest absolute Gasteiger partial charge is 0.394 e. The van der Waals surface area contributed by atoms with E-state index in [1.165, 1.54) is 6.20 Å². The van der Waals surface area contributed by atoms with Crippen LogP contribution in [0.15, 0.2) is 34.9 Å². The number of nitrogens with zero attached hydrogens (tertiary/aromatic N) is 1. The first kappa shape index (κ1) is 10.7. The Kier molecular flexibility index (Phi) is 2.91. The Hall–Kier alpha value is -1.82. The third kappa shape index (κ3) is 2.22. The summed E-state index contributed by atoms with van der Waals surface area (Å²) in [6, 6.07) is 7.07. The normalized spacial score (nSPS) is 10.1. The molecule has 2 rings (SSSR count). The van der Waals surface area contributed by atoms with Crippen LogP contribution >= 0.6 is 15.9 Å². The molecule has 6 heteroatoms. The Morgan fingerprint density at radius 2 is 2.31 bits per heavy atom. The third-order valence-corrected chi connectivity index (χ3v) is 2.49. The number of benzene rings is 1. The van der Waals surface area contributed by atoms with Gasteiger partial charge in [-0.3, -0.25) is 9.89 Å². The van der Waals surface area contributed by atoms with Crippen molar-refractivity contribution in [2.45, 2.75) is 0 Å². The van der Waals surface area contributed by atoms with Crippen LogP contribution in [0.1, 0.15) is 10.4 Å². The molecule has 16 heavy (non-hydrogen) atoms. The molecule has 5 nitrogen and oxygen atoms in total. The van der Waals surface area contributed by atoms with Crippen molar-refractivity contribution in [3.05, 3.63) is 40.5 Å². The molecule has 2 aromatic rings. The number of aromatic amines is 1. The van der Waals surface area contributed by atoms with Gasteiger partial charge in [-0.25, -0.2) is 0 Å². The standard InChI is InChI=1S/C10H9BrN4O/c11-7-3-1-2-6(4-7)10(16)14-9-8(12)5-13-15-9/h1-5H,12H2,(H2,13,14,15,16). The highest BCUT2D eigenvalue weighted by Crippen LogP contribution is 2.16. The number of nitrogens with one attached hydrogen (secondary N) is 2. The van der Waals surface area contributed by atoms with Crippen molar-refractivity contribution in [1.29, 1.82) is 0 Å². The Morgan fingerprint density at radius 1 is 1.50 bits per heavy atom. The lowest BCUT2D eigenvalue weighted by molar-refractivity contribution is 0.102. The highest BCUT2D eigenvalue weighted by atomic mass is 79.9. The van der Waals surface area contributed by atoms with E-state index in [2.05, 4.69) is 31.4 Å². The highest BCUT2D eigenvalue weighted by molar-refractivity contribution is 9.10. The molecule has 82 valence electrons. The smallest absolute Gasteiger partial charge is 0.256 e. The van der Waals surface area contributed by atoms with Gasteiger partial charge in [0.1, 0.15) is 0 Å². The maximum Gasteiger partial charge on any atom is 0.256 e. The lowest BCUT2D eigenvalue weighted by Crippen LogP contribution is -2.13. The van der Waals surface area contributed by atoms with E-state index >= 15 is 0 Å². The van der Waals surface area contributed by atoms with Crippen LogP contribution in [0.5, 0.6) is 0 Å². The second-order valence-electron chi connectivity index (χ2n) is 3.16. The van der Waals surface area contributed by atoms with Crippen molar-refractivity contribution in [3.8, 4) is 0 Å². The van der Waals surface area contributed by atoms with E-state index in [0.29, 0.717) is 17.1 Å². The molecule has 1 aromatic carbocycles. The molecule has 4 N–H and O–H groups in total. The number of halogens is 1. The van der Waals surface area contributed by atoms with Crippen LogP contribution in [0.2, 0.25) is 0 Å². The van der Waals surface area contributed by atoms with E-state index in [4.69, 9.17) is 5.73 Å². The van der Waals surface area contributed by atoms with Gasteiger partial charge in [0.2, 0.25) is 0 Å². The number of nitrogens with two attached hydrogens (primary N) is 1. The van der Waals surface area contributed by atoms with E-state index in [0.717, 1.165) is 4.47 Å². The Bertz CT molecular complexity index is 523. The second kappa shape index (κ2) is 4.36. The number of nitrogen functional groups attached to an aromatic ring is 1. The first-order valence-corrected chi connectivity index (χ1v) is 5.32. The summed E-state index contributed by atoms with van der Waals surface area (Å²) in [5, 5.41) is 8.94. The van der Waals surface area contributed by atoms with Crippen LogP contribution in [0.25, 0.3) is 0 Å². The zero-order valence-electron chi connectivity index (χ0n) is 8.20. The van der Waals surface area contributed by atoms with Gasteiger partial charge in [0, 0.05) is 10.0 Å². The number of anilines is 2. The van der Waals surface area contributed by atoms with Gasteiger partial charge >= 0.3 is 0 Å². The summed E-state index contributed by atoms with van der Waals surface area (Å²) in [6.45, 7) is 0. The second-order valence-corrected chi connectivity index (χ2v) is 4.08. The summed E-state index contributed by atoms with van der Waals surface area (Å²) < 4.78 is 0.845. The minimum atomic E-state index is -0.239. The Labute approximate surface area is 100 Å². The number of aromatic nitrogens is 2. The number of hydrogen-bond acceptors (Lipinski definition) is 3. The summed E-state index contributed by atoms with van der Waals surface area (Å²) in [6.07, 6.45) is 1.44. The summed E-state index contributed by atoms with van der Waals surface area (Å²) in [5.41, 5.74) is 6.53. The van der Waals surface area contributed by atoms with Crippen molar-refractivity contribution in [2.75, 3.05) is 11.1 Å². The molecular formula is C10H9BrN4O. The van der Waals surface area contributed by atoms with Gasteiger partial charge in [-0.15, -0.1) is 0 Å². The summed E-state index contributed by atoms with van der Waals surface area (Å²) >= 11 is 3.30. The molecule has 0 radical (unpaired) electrons. The molecule has 0 aliphatic heterocycles. The molecule has 0 aliphatic rings. The minimum absolute atomic E-state index is 0.239. The monoisotopic (exact) mass is 280 g/mol. The summed E-state index contributed by atoms with van der Waals surface area (Å²) in [5.74, 6) is 0.169. The molecular weight excluding hydrogens is 272 g/mol. The molecule has 0 atom stereocenters. The number of rotatable bonds is 2. The van der Waals surface area contributed by atoms with E-state index < -0.39 is 0 Å². The Balaban J connectivity index is 2.18. The molecule has 0 saturated carbocycles. The molecule has 0 saturated heterocycles. The average Bonchev–Trinajstić information content (AvgIpc) is 2.64. The van der Waals surface area contributed by atoms with Crippen molar-refractivity contribution in [3.63, 3.8) is 0 Å². The molecule has 0 unspecified atom stereocenters. The predicted molar refractivity (Wildman–Crippen MR) is 65.1 cm³/mol. The molecule has 0 bridgehead atoms. The summed E-state index contributed by atoms with van der Waals surface area (Å²) in [7, 11) is 0. The van der Waals surface area contributed by atoms with Gasteiger partial charge in [-0.2, -0.15) is 5.10 Å². The van der Waals surface area contributed by atoms with Gasteiger partial charge in [0.15, 0.2) is 5.82 Å². The average molecular weight is 281 g/mol. The SMILES string of the molecule is Nc1cn[nH]c1NC(=O)c1cccc(Br)c1. The van der Waals surface area contributed by atoms with Gasteiger partial charge in [-0.1, -0.05) is 22.0 Å². The molecule has 1 amide bonds. The predicted octanol–water partition coefficient (Wildman–Crippen LogP) is 2.01. The van der Waals surface area contributed by atoms with E-state index in [1.54, 1.807) is 18.2 Å². The fourth-order valence-corrected chi connectivity index (χ4v) is 1.61. The fraction of sp³-hybridized carbons (Fsp3) is 0. The fourth-order valence-electron chi connectivity index (χ4n) is 1.21. The maximum atomic E-state index is 11.8. The molecule has 0 fully saturated rings. The Morgan fingerprint density at radius 3 is 2.94 bits per heavy atom. The van der Waals surface area contributed by atoms with Gasteiger partial charge < -0.3 is 11.1 Å². The molecule has 1 aromatic heterocycles. The van der Waals surface area contributed by atoms with Gasteiger partial charge in [0.25, 0.3) is 5.91 Å². The van der Waals surface area contributed by atoms with Crippen LogP contribution in [0, 0.1) is 0 Å². The number of hydrogen-bond donors (Lipinski definition) is 3. The van der Waals surface area contributed by atoms with Crippen LogP contribution < -0.4 is 11.1 Å². The zero-order chi connectivity index (χ0) is 11.5. The van der Waals surface area contributed by atoms with Crippen LogP contribution in [0.3, 0.4) is 0 Å². The minimum Gasteiger partial charge on any atom is -0.394 e. The quantitative estimate of drug-likeness (QED) is 0.787. The first-order chi connectivity index (χ1) is 7.66. The molecule has 0 aliphatic carbocycles. The first-order valence-electron chi connectivity index (χ1n) is 4.52. The van der Waals surface area contributed by atoms with E-state index in [-0.39, 0.29) is 5.91 Å². The third-order valence-electron chi connectivity index (χ3n) is 1.99. The van der Waals surface area contributed by atoms with Crippen molar-refractivity contribution in [2.24, 2.45) is 0 Å². The van der Waals surface area contributed by atoms with Crippen molar-refractivity contribution < 1.29 is 4.79 Å². The van der Waals surface area contributed by atoms with Crippen molar-refractivity contribution >= 4 is 33.3 Å². The summed E-state index contributed by atoms with van der Waals surface area (Å²) in [4.78, 5) is 11.8. The zero-order valence-corrected chi connectivity index (χ0v) is 9.78. The lowest BCUT2D eigenvalue weighted by Gasteiger charge is -2.03. The topological polar surface area (TPSA) is 83.8 Å². The van der Waals surface area contributed by atoms with Crippen molar-refractivity contribution in [1.82, 2.24) is 10.2 Å². The van der Waals surface area contributed by atoms with Crippen LogP contribution in [-0.4, -0.2) is 16.1 Å².